The van der Waals surface area contributed by atoms with Gasteiger partial charge in [0, 0.05) is 19.2 Å². The van der Waals surface area contributed by atoms with Gasteiger partial charge in [-0.05, 0) is 12.8 Å². The van der Waals surface area contributed by atoms with Gasteiger partial charge in [-0.1, -0.05) is 6.92 Å². The molecule has 1 N–H and O–H groups in total. The van der Waals surface area contributed by atoms with E-state index >= 15 is 0 Å². The molecule has 1 aromatic rings. The lowest BCUT2D eigenvalue weighted by Crippen LogP contribution is -2.24. The highest BCUT2D eigenvalue weighted by molar-refractivity contribution is 5.72. The monoisotopic (exact) mass is 251 g/mol. The SMILES string of the molecule is COc1cc(N2C[C@@H](C)[C@H](C(=O)O)C2)nc(C)n1. The first-order valence-corrected chi connectivity index (χ1v) is 5.88. The average Bonchev–Trinajstić information content (AvgIpc) is 2.70. The van der Waals surface area contributed by atoms with Crippen molar-refractivity contribution in [2.45, 2.75) is 13.8 Å². The zero-order chi connectivity index (χ0) is 13.3. The van der Waals surface area contributed by atoms with Crippen LogP contribution in [0.3, 0.4) is 0 Å². The predicted molar refractivity (Wildman–Crippen MR) is 65.8 cm³/mol. The molecular formula is C12H17N3O3. The third kappa shape index (κ3) is 2.37. The van der Waals surface area contributed by atoms with Gasteiger partial charge in [-0.2, -0.15) is 4.98 Å². The van der Waals surface area contributed by atoms with Gasteiger partial charge in [0.15, 0.2) is 0 Å². The van der Waals surface area contributed by atoms with Crippen molar-refractivity contribution in [1.29, 1.82) is 0 Å². The number of ether oxygens (including phenoxy) is 1. The van der Waals surface area contributed by atoms with Crippen LogP contribution in [0.1, 0.15) is 12.7 Å². The summed E-state index contributed by atoms with van der Waals surface area (Å²) in [6.45, 7) is 4.91. The van der Waals surface area contributed by atoms with Crippen LogP contribution in [0.2, 0.25) is 0 Å². The Hall–Kier alpha value is -1.85. The van der Waals surface area contributed by atoms with E-state index in [1.54, 1.807) is 20.1 Å². The molecule has 18 heavy (non-hydrogen) atoms. The Morgan fingerprint density at radius 3 is 2.78 bits per heavy atom. The number of hydrogen-bond acceptors (Lipinski definition) is 5. The van der Waals surface area contributed by atoms with E-state index in [2.05, 4.69) is 9.97 Å². The van der Waals surface area contributed by atoms with E-state index < -0.39 is 5.97 Å². The van der Waals surface area contributed by atoms with E-state index in [1.165, 1.54) is 0 Å². The number of aliphatic carboxylic acids is 1. The summed E-state index contributed by atoms with van der Waals surface area (Å²) in [6, 6.07) is 1.74. The van der Waals surface area contributed by atoms with E-state index in [0.717, 1.165) is 5.82 Å². The minimum atomic E-state index is -0.747. The molecule has 1 aliphatic rings. The van der Waals surface area contributed by atoms with Crippen LogP contribution in [0, 0.1) is 18.8 Å². The average molecular weight is 251 g/mol. The van der Waals surface area contributed by atoms with E-state index in [0.29, 0.717) is 24.8 Å². The second-order valence-corrected chi connectivity index (χ2v) is 4.64. The van der Waals surface area contributed by atoms with Crippen molar-refractivity contribution in [3.05, 3.63) is 11.9 Å². The summed E-state index contributed by atoms with van der Waals surface area (Å²) in [5, 5.41) is 9.12. The van der Waals surface area contributed by atoms with Crippen LogP contribution in [0.15, 0.2) is 6.07 Å². The largest absolute Gasteiger partial charge is 0.481 e. The van der Waals surface area contributed by atoms with Crippen molar-refractivity contribution in [2.75, 3.05) is 25.1 Å². The first-order chi connectivity index (χ1) is 8.51. The zero-order valence-electron chi connectivity index (χ0n) is 10.8. The molecule has 1 aliphatic heterocycles. The highest BCUT2D eigenvalue weighted by Gasteiger charge is 2.35. The lowest BCUT2D eigenvalue weighted by molar-refractivity contribution is -0.142. The molecule has 1 fully saturated rings. The Morgan fingerprint density at radius 2 is 2.22 bits per heavy atom. The summed E-state index contributed by atoms with van der Waals surface area (Å²) in [7, 11) is 1.55. The Morgan fingerprint density at radius 1 is 1.50 bits per heavy atom. The molecule has 2 atom stereocenters. The molecule has 2 heterocycles. The summed E-state index contributed by atoms with van der Waals surface area (Å²) in [6.07, 6.45) is 0. The molecule has 0 aromatic carbocycles. The summed E-state index contributed by atoms with van der Waals surface area (Å²) in [4.78, 5) is 21.5. The van der Waals surface area contributed by atoms with Crippen molar-refractivity contribution in [3.63, 3.8) is 0 Å². The smallest absolute Gasteiger partial charge is 0.308 e. The fraction of sp³-hybridized carbons (Fsp3) is 0.583. The Bertz CT molecular complexity index is 464. The number of rotatable bonds is 3. The molecule has 98 valence electrons. The van der Waals surface area contributed by atoms with Gasteiger partial charge in [0.05, 0.1) is 13.0 Å². The van der Waals surface area contributed by atoms with Crippen LogP contribution in [0.5, 0.6) is 5.88 Å². The van der Waals surface area contributed by atoms with Gasteiger partial charge in [0.2, 0.25) is 5.88 Å². The number of aryl methyl sites for hydroxylation is 1. The quantitative estimate of drug-likeness (QED) is 0.862. The van der Waals surface area contributed by atoms with Crippen LogP contribution >= 0.6 is 0 Å². The first kappa shape index (κ1) is 12.6. The maximum Gasteiger partial charge on any atom is 0.308 e. The number of hydrogen-bond donors (Lipinski definition) is 1. The number of carboxylic acid groups (broad SMARTS) is 1. The Labute approximate surface area is 106 Å². The van der Waals surface area contributed by atoms with Crippen LogP contribution in [-0.2, 0) is 4.79 Å². The lowest BCUT2D eigenvalue weighted by Gasteiger charge is -2.17. The van der Waals surface area contributed by atoms with Crippen LogP contribution < -0.4 is 9.64 Å². The van der Waals surface area contributed by atoms with E-state index in [9.17, 15) is 4.79 Å². The molecule has 0 spiro atoms. The molecule has 0 amide bonds. The van der Waals surface area contributed by atoms with Gasteiger partial charge in [-0.15, -0.1) is 0 Å². The third-order valence-corrected chi connectivity index (χ3v) is 3.26. The number of carboxylic acids is 1. The molecule has 0 radical (unpaired) electrons. The third-order valence-electron chi connectivity index (χ3n) is 3.26. The van der Waals surface area contributed by atoms with Gasteiger partial charge in [-0.25, -0.2) is 4.98 Å². The molecular weight excluding hydrogens is 234 g/mol. The van der Waals surface area contributed by atoms with Gasteiger partial charge < -0.3 is 14.7 Å². The molecule has 6 nitrogen and oxygen atoms in total. The molecule has 0 saturated carbocycles. The summed E-state index contributed by atoms with van der Waals surface area (Å²) in [5.74, 6) is 0.882. The summed E-state index contributed by atoms with van der Waals surface area (Å²) < 4.78 is 5.10. The lowest BCUT2D eigenvalue weighted by atomic mass is 9.99. The number of aromatic nitrogens is 2. The van der Waals surface area contributed by atoms with Crippen LogP contribution in [0.4, 0.5) is 5.82 Å². The standard InChI is InChI=1S/C12H17N3O3/c1-7-5-15(6-9(7)12(16)17)10-4-11(18-3)14-8(2)13-10/h4,7,9H,5-6H2,1-3H3,(H,16,17)/t7-,9-/m1/s1. The van der Waals surface area contributed by atoms with E-state index in [4.69, 9.17) is 9.84 Å². The zero-order valence-corrected chi connectivity index (χ0v) is 10.8. The molecule has 1 saturated heterocycles. The van der Waals surface area contributed by atoms with Gasteiger partial charge >= 0.3 is 5.97 Å². The summed E-state index contributed by atoms with van der Waals surface area (Å²) in [5.41, 5.74) is 0. The number of methoxy groups -OCH3 is 1. The predicted octanol–water partition coefficient (Wildman–Crippen LogP) is 0.951. The van der Waals surface area contributed by atoms with Crippen molar-refractivity contribution in [2.24, 2.45) is 11.8 Å². The minimum Gasteiger partial charge on any atom is -0.481 e. The summed E-state index contributed by atoms with van der Waals surface area (Å²) >= 11 is 0. The second-order valence-electron chi connectivity index (χ2n) is 4.64. The Kier molecular flexibility index (Phi) is 3.36. The van der Waals surface area contributed by atoms with Gasteiger partial charge in [0.1, 0.15) is 11.6 Å². The van der Waals surface area contributed by atoms with Gasteiger partial charge in [-0.3, -0.25) is 4.79 Å². The highest BCUT2D eigenvalue weighted by atomic mass is 16.5. The minimum absolute atomic E-state index is 0.115. The van der Waals surface area contributed by atoms with Gasteiger partial charge in [0.25, 0.3) is 0 Å². The second kappa shape index (κ2) is 4.80. The molecule has 6 heteroatoms. The number of anilines is 1. The van der Waals surface area contributed by atoms with E-state index in [1.807, 2.05) is 11.8 Å². The number of carbonyl (C=O) groups is 1. The molecule has 0 aliphatic carbocycles. The fourth-order valence-electron chi connectivity index (χ4n) is 2.27. The van der Waals surface area contributed by atoms with Crippen molar-refractivity contribution in [3.8, 4) is 5.88 Å². The Balaban J connectivity index is 2.23. The number of nitrogens with zero attached hydrogens (tertiary/aromatic N) is 3. The maximum atomic E-state index is 11.1. The van der Waals surface area contributed by atoms with E-state index in [-0.39, 0.29) is 11.8 Å². The molecule has 0 bridgehead atoms. The topological polar surface area (TPSA) is 75.5 Å². The van der Waals surface area contributed by atoms with Crippen molar-refractivity contribution >= 4 is 11.8 Å². The molecule has 0 unspecified atom stereocenters. The maximum absolute atomic E-state index is 11.1. The van der Waals surface area contributed by atoms with Crippen LogP contribution in [0.25, 0.3) is 0 Å². The molecule has 2 rings (SSSR count). The van der Waals surface area contributed by atoms with Crippen LogP contribution in [-0.4, -0.2) is 41.2 Å². The first-order valence-electron chi connectivity index (χ1n) is 5.88. The van der Waals surface area contributed by atoms with Crippen molar-refractivity contribution < 1.29 is 14.6 Å². The fourth-order valence-corrected chi connectivity index (χ4v) is 2.27. The molecule has 1 aromatic heterocycles. The van der Waals surface area contributed by atoms with Crippen molar-refractivity contribution in [1.82, 2.24) is 9.97 Å². The normalized spacial score (nSPS) is 23.2. The highest BCUT2D eigenvalue weighted by Crippen LogP contribution is 2.28.